The van der Waals surface area contributed by atoms with Crippen LogP contribution in [0.1, 0.15) is 30.9 Å². The van der Waals surface area contributed by atoms with E-state index in [0.29, 0.717) is 16.5 Å². The summed E-state index contributed by atoms with van der Waals surface area (Å²) in [4.78, 5) is 41.9. The standard InChI is InChI=1S/C18H23N5O4/c1-10-12(9-20-17(19)26)5-6-13-14(10)16(25)27-18(22-13)21-11(2)15(24)23-7-3-4-8-23/h5-6,11H,3-4,7-9H2,1-2H3,(H,21,22)(H3,19,20,26)/t11-/m0/s1. The van der Waals surface area contributed by atoms with Crippen LogP contribution in [0.2, 0.25) is 0 Å². The predicted molar refractivity (Wildman–Crippen MR) is 100 cm³/mol. The average Bonchev–Trinajstić information content (AvgIpc) is 3.14. The van der Waals surface area contributed by atoms with Gasteiger partial charge in [-0.2, -0.15) is 4.98 Å². The van der Waals surface area contributed by atoms with Gasteiger partial charge in [0, 0.05) is 19.6 Å². The summed E-state index contributed by atoms with van der Waals surface area (Å²) in [5, 5.41) is 5.71. The quantitative estimate of drug-likeness (QED) is 0.719. The number of aryl methyl sites for hydroxylation is 1. The van der Waals surface area contributed by atoms with Crippen molar-refractivity contribution in [2.24, 2.45) is 5.73 Å². The van der Waals surface area contributed by atoms with Gasteiger partial charge in [-0.15, -0.1) is 0 Å². The van der Waals surface area contributed by atoms with E-state index in [1.807, 2.05) is 0 Å². The molecule has 1 aromatic heterocycles. The van der Waals surface area contributed by atoms with Crippen molar-refractivity contribution < 1.29 is 14.0 Å². The zero-order valence-electron chi connectivity index (χ0n) is 15.4. The average molecular weight is 373 g/mol. The third-order valence-corrected chi connectivity index (χ3v) is 4.75. The summed E-state index contributed by atoms with van der Waals surface area (Å²) in [7, 11) is 0. The van der Waals surface area contributed by atoms with E-state index in [0.717, 1.165) is 31.5 Å². The molecule has 0 aliphatic carbocycles. The van der Waals surface area contributed by atoms with Crippen molar-refractivity contribution in [2.75, 3.05) is 18.4 Å². The van der Waals surface area contributed by atoms with Gasteiger partial charge in [0.25, 0.3) is 6.01 Å². The van der Waals surface area contributed by atoms with Gasteiger partial charge in [-0.05, 0) is 43.9 Å². The number of fused-ring (bicyclic) bond motifs is 1. The number of benzene rings is 1. The second kappa shape index (κ2) is 7.65. The van der Waals surface area contributed by atoms with E-state index in [-0.39, 0.29) is 18.5 Å². The lowest BCUT2D eigenvalue weighted by Gasteiger charge is -2.20. The molecular weight excluding hydrogens is 350 g/mol. The summed E-state index contributed by atoms with van der Waals surface area (Å²) < 4.78 is 5.27. The van der Waals surface area contributed by atoms with E-state index < -0.39 is 17.7 Å². The Morgan fingerprint density at radius 3 is 2.70 bits per heavy atom. The molecule has 0 spiro atoms. The highest BCUT2D eigenvalue weighted by Gasteiger charge is 2.24. The molecule has 1 saturated heterocycles. The molecule has 0 radical (unpaired) electrons. The smallest absolute Gasteiger partial charge is 0.348 e. The Balaban J connectivity index is 1.84. The molecule has 27 heavy (non-hydrogen) atoms. The van der Waals surface area contributed by atoms with Crippen molar-refractivity contribution in [2.45, 2.75) is 39.3 Å². The van der Waals surface area contributed by atoms with Crippen molar-refractivity contribution in [1.82, 2.24) is 15.2 Å². The number of amides is 3. The minimum absolute atomic E-state index is 0.00922. The molecule has 2 heterocycles. The number of aromatic nitrogens is 1. The van der Waals surface area contributed by atoms with E-state index in [1.165, 1.54) is 0 Å². The molecule has 1 aliphatic heterocycles. The van der Waals surface area contributed by atoms with E-state index >= 15 is 0 Å². The Morgan fingerprint density at radius 2 is 2.04 bits per heavy atom. The van der Waals surface area contributed by atoms with Crippen LogP contribution in [-0.2, 0) is 11.3 Å². The maximum Gasteiger partial charge on any atom is 0.348 e. The Kier molecular flexibility index (Phi) is 5.29. The number of hydrogen-bond acceptors (Lipinski definition) is 6. The third kappa shape index (κ3) is 4.02. The van der Waals surface area contributed by atoms with Crippen LogP contribution in [0.15, 0.2) is 21.3 Å². The number of urea groups is 1. The fourth-order valence-electron chi connectivity index (χ4n) is 3.26. The Hall–Kier alpha value is -3.10. The molecule has 3 rings (SSSR count). The van der Waals surface area contributed by atoms with Crippen LogP contribution in [0, 0.1) is 6.92 Å². The molecule has 0 saturated carbocycles. The van der Waals surface area contributed by atoms with Gasteiger partial charge in [-0.25, -0.2) is 9.59 Å². The first-order chi connectivity index (χ1) is 12.9. The van der Waals surface area contributed by atoms with Crippen molar-refractivity contribution >= 4 is 28.9 Å². The summed E-state index contributed by atoms with van der Waals surface area (Å²) in [6.07, 6.45) is 2.02. The number of carbonyl (C=O) groups excluding carboxylic acids is 2. The molecule has 0 bridgehead atoms. The molecule has 1 atom stereocenters. The number of nitrogens with two attached hydrogens (primary N) is 1. The number of anilines is 1. The molecule has 2 aromatic rings. The lowest BCUT2D eigenvalue weighted by Crippen LogP contribution is -2.39. The molecule has 4 N–H and O–H groups in total. The van der Waals surface area contributed by atoms with Crippen molar-refractivity contribution in [1.29, 1.82) is 0 Å². The highest BCUT2D eigenvalue weighted by atomic mass is 16.4. The zero-order valence-corrected chi connectivity index (χ0v) is 15.4. The van der Waals surface area contributed by atoms with Crippen LogP contribution < -0.4 is 22.0 Å². The second-order valence-corrected chi connectivity index (χ2v) is 6.67. The molecule has 1 aromatic carbocycles. The van der Waals surface area contributed by atoms with Crippen LogP contribution in [0.5, 0.6) is 0 Å². The molecule has 1 aliphatic rings. The van der Waals surface area contributed by atoms with Crippen molar-refractivity contribution in [3.8, 4) is 0 Å². The minimum atomic E-state index is -0.643. The summed E-state index contributed by atoms with van der Waals surface area (Å²) >= 11 is 0. The summed E-state index contributed by atoms with van der Waals surface area (Å²) in [6.45, 7) is 5.18. The lowest BCUT2D eigenvalue weighted by atomic mass is 10.0. The van der Waals surface area contributed by atoms with Crippen LogP contribution in [0.4, 0.5) is 10.8 Å². The lowest BCUT2D eigenvalue weighted by molar-refractivity contribution is -0.130. The monoisotopic (exact) mass is 373 g/mol. The van der Waals surface area contributed by atoms with Gasteiger partial charge in [0.15, 0.2) is 0 Å². The van der Waals surface area contributed by atoms with Gasteiger partial charge in [-0.1, -0.05) is 6.07 Å². The molecule has 0 unspecified atom stereocenters. The van der Waals surface area contributed by atoms with Gasteiger partial charge in [0.2, 0.25) is 5.91 Å². The highest BCUT2D eigenvalue weighted by Crippen LogP contribution is 2.20. The van der Waals surface area contributed by atoms with Gasteiger partial charge < -0.3 is 25.7 Å². The normalized spacial score (nSPS) is 15.0. The highest BCUT2D eigenvalue weighted by molar-refractivity contribution is 5.85. The first kappa shape index (κ1) is 18.7. The van der Waals surface area contributed by atoms with E-state index in [4.69, 9.17) is 10.2 Å². The van der Waals surface area contributed by atoms with Gasteiger partial charge in [0.1, 0.15) is 6.04 Å². The van der Waals surface area contributed by atoms with Gasteiger partial charge in [0.05, 0.1) is 10.9 Å². The first-order valence-electron chi connectivity index (χ1n) is 8.89. The molecule has 9 heteroatoms. The summed E-state index contributed by atoms with van der Waals surface area (Å²) in [5.74, 6) is -0.0406. The van der Waals surface area contributed by atoms with Crippen molar-refractivity contribution in [3.05, 3.63) is 33.7 Å². The largest absolute Gasteiger partial charge is 0.389 e. The van der Waals surface area contributed by atoms with E-state index in [1.54, 1.807) is 30.9 Å². The maximum absolute atomic E-state index is 12.5. The number of carbonyl (C=O) groups is 2. The van der Waals surface area contributed by atoms with Crippen LogP contribution in [0.25, 0.3) is 10.9 Å². The fourth-order valence-corrected chi connectivity index (χ4v) is 3.26. The Labute approximate surface area is 155 Å². The number of hydrogen-bond donors (Lipinski definition) is 3. The second-order valence-electron chi connectivity index (χ2n) is 6.67. The molecule has 3 amide bonds. The van der Waals surface area contributed by atoms with E-state index in [9.17, 15) is 14.4 Å². The SMILES string of the molecule is Cc1c(CNC(N)=O)ccc2nc(N[C@@H](C)C(=O)N3CCCC3)oc(=O)c12. The molecular formula is C18H23N5O4. The van der Waals surface area contributed by atoms with Crippen LogP contribution in [0.3, 0.4) is 0 Å². The number of nitrogens with zero attached hydrogens (tertiary/aromatic N) is 2. The van der Waals surface area contributed by atoms with Gasteiger partial charge >= 0.3 is 11.7 Å². The number of nitrogens with one attached hydrogen (secondary N) is 2. The van der Waals surface area contributed by atoms with Gasteiger partial charge in [-0.3, -0.25) is 4.79 Å². The summed E-state index contributed by atoms with van der Waals surface area (Å²) in [5.41, 5.74) is 6.39. The minimum Gasteiger partial charge on any atom is -0.389 e. The Bertz CT molecular complexity index is 933. The van der Waals surface area contributed by atoms with Crippen LogP contribution in [-0.4, -0.2) is 41.0 Å². The molecule has 1 fully saturated rings. The number of rotatable bonds is 5. The fraction of sp³-hybridized carbons (Fsp3) is 0.444. The zero-order chi connectivity index (χ0) is 19.6. The van der Waals surface area contributed by atoms with Crippen molar-refractivity contribution in [3.63, 3.8) is 0 Å². The third-order valence-electron chi connectivity index (χ3n) is 4.75. The topological polar surface area (TPSA) is 131 Å². The maximum atomic E-state index is 12.5. The summed E-state index contributed by atoms with van der Waals surface area (Å²) in [6, 6.07) is 2.26. The predicted octanol–water partition coefficient (Wildman–Crippen LogP) is 1.09. The number of likely N-dealkylation sites (tertiary alicyclic amines) is 1. The molecule has 9 nitrogen and oxygen atoms in total. The number of primary amides is 1. The first-order valence-corrected chi connectivity index (χ1v) is 8.89. The van der Waals surface area contributed by atoms with E-state index in [2.05, 4.69) is 15.6 Å². The van der Waals surface area contributed by atoms with Crippen LogP contribution >= 0.6 is 0 Å². The molecule has 144 valence electrons. The Morgan fingerprint density at radius 1 is 1.33 bits per heavy atom.